The average molecular weight is 449 g/mol. The standard InChI is InChI=1S/C20H20INO3/c21-16-5-1-4-15(12-16)20(23)22-9-2-6-17(22)14-7-8-18-19(13-14)25-11-3-10-24-18/h1,4-5,7-8,12-13,17H,2-3,6,9-11H2/t17-/m1/s1. The van der Waals surface area contributed by atoms with Crippen molar-refractivity contribution in [1.29, 1.82) is 0 Å². The van der Waals surface area contributed by atoms with Gasteiger partial charge in [-0.05, 0) is 71.3 Å². The predicted octanol–water partition coefficient (Wildman–Crippen LogP) is 4.43. The topological polar surface area (TPSA) is 38.8 Å². The monoisotopic (exact) mass is 449 g/mol. The Morgan fingerprint density at radius 1 is 1.04 bits per heavy atom. The zero-order valence-corrected chi connectivity index (χ0v) is 16.1. The number of likely N-dealkylation sites (tertiary alicyclic amines) is 1. The van der Waals surface area contributed by atoms with Gasteiger partial charge in [-0.3, -0.25) is 4.79 Å². The number of hydrogen-bond acceptors (Lipinski definition) is 3. The summed E-state index contributed by atoms with van der Waals surface area (Å²) in [4.78, 5) is 15.0. The van der Waals surface area contributed by atoms with Crippen LogP contribution in [0.1, 0.15) is 41.2 Å². The molecule has 0 aromatic heterocycles. The van der Waals surface area contributed by atoms with E-state index in [1.54, 1.807) is 0 Å². The van der Waals surface area contributed by atoms with Gasteiger partial charge in [0.1, 0.15) is 0 Å². The zero-order chi connectivity index (χ0) is 17.2. The molecule has 1 atom stereocenters. The number of carbonyl (C=O) groups is 1. The van der Waals surface area contributed by atoms with Crippen LogP contribution in [0.4, 0.5) is 0 Å². The second kappa shape index (κ2) is 7.23. The zero-order valence-electron chi connectivity index (χ0n) is 13.9. The van der Waals surface area contributed by atoms with Crippen LogP contribution in [0.2, 0.25) is 0 Å². The van der Waals surface area contributed by atoms with Gasteiger partial charge < -0.3 is 14.4 Å². The van der Waals surface area contributed by atoms with E-state index in [0.717, 1.165) is 52.0 Å². The normalized spacial score (nSPS) is 19.6. The Morgan fingerprint density at radius 2 is 1.88 bits per heavy atom. The first kappa shape index (κ1) is 16.7. The molecule has 4 nitrogen and oxygen atoms in total. The summed E-state index contributed by atoms with van der Waals surface area (Å²) in [5.74, 6) is 1.70. The largest absolute Gasteiger partial charge is 0.490 e. The van der Waals surface area contributed by atoms with E-state index < -0.39 is 0 Å². The fourth-order valence-corrected chi connectivity index (χ4v) is 4.07. The van der Waals surface area contributed by atoms with Crippen LogP contribution >= 0.6 is 22.6 Å². The average Bonchev–Trinajstić information content (AvgIpc) is 2.99. The van der Waals surface area contributed by atoms with Crippen LogP contribution in [-0.4, -0.2) is 30.6 Å². The molecule has 4 rings (SSSR count). The molecule has 0 unspecified atom stereocenters. The Labute approximate surface area is 161 Å². The molecule has 2 aromatic rings. The molecular formula is C20H20INO3. The lowest BCUT2D eigenvalue weighted by molar-refractivity contribution is 0.0735. The SMILES string of the molecule is O=C(c1cccc(I)c1)N1CCC[C@@H]1c1ccc2c(c1)OCCCO2. The second-order valence-electron chi connectivity index (χ2n) is 6.42. The van der Waals surface area contributed by atoms with Gasteiger partial charge in [-0.2, -0.15) is 0 Å². The molecule has 130 valence electrons. The van der Waals surface area contributed by atoms with Gasteiger partial charge in [0.25, 0.3) is 5.91 Å². The third-order valence-corrected chi connectivity index (χ3v) is 5.41. The van der Waals surface area contributed by atoms with E-state index in [0.29, 0.717) is 13.2 Å². The van der Waals surface area contributed by atoms with Crippen LogP contribution in [0.5, 0.6) is 11.5 Å². The van der Waals surface area contributed by atoms with Gasteiger partial charge in [0.15, 0.2) is 11.5 Å². The highest BCUT2D eigenvalue weighted by molar-refractivity contribution is 14.1. The summed E-state index contributed by atoms with van der Waals surface area (Å²) in [5.41, 5.74) is 1.88. The molecule has 2 aliphatic rings. The molecule has 2 aliphatic heterocycles. The van der Waals surface area contributed by atoms with Crippen molar-refractivity contribution in [2.24, 2.45) is 0 Å². The van der Waals surface area contributed by atoms with Gasteiger partial charge in [0, 0.05) is 22.1 Å². The van der Waals surface area contributed by atoms with Crippen LogP contribution in [-0.2, 0) is 0 Å². The van der Waals surface area contributed by atoms with Crippen LogP contribution < -0.4 is 9.47 Å². The number of ether oxygens (including phenoxy) is 2. The molecule has 0 spiro atoms. The van der Waals surface area contributed by atoms with Crippen LogP contribution in [0.15, 0.2) is 42.5 Å². The Kier molecular flexibility index (Phi) is 4.83. The number of benzene rings is 2. The molecule has 1 amide bonds. The van der Waals surface area contributed by atoms with Gasteiger partial charge in [0.2, 0.25) is 0 Å². The predicted molar refractivity (Wildman–Crippen MR) is 104 cm³/mol. The first-order chi connectivity index (χ1) is 12.2. The number of halogens is 1. The van der Waals surface area contributed by atoms with Crippen molar-refractivity contribution in [3.05, 3.63) is 57.2 Å². The summed E-state index contributed by atoms with van der Waals surface area (Å²) >= 11 is 2.24. The Bertz CT molecular complexity index is 792. The van der Waals surface area contributed by atoms with E-state index in [9.17, 15) is 4.79 Å². The summed E-state index contributed by atoms with van der Waals surface area (Å²) in [6, 6.07) is 14.0. The van der Waals surface area contributed by atoms with E-state index in [2.05, 4.69) is 28.7 Å². The highest BCUT2D eigenvalue weighted by atomic mass is 127. The highest BCUT2D eigenvalue weighted by Gasteiger charge is 2.31. The van der Waals surface area contributed by atoms with Gasteiger partial charge in [0.05, 0.1) is 19.3 Å². The van der Waals surface area contributed by atoms with Crippen molar-refractivity contribution in [3.8, 4) is 11.5 Å². The highest BCUT2D eigenvalue weighted by Crippen LogP contribution is 2.38. The van der Waals surface area contributed by atoms with Crippen molar-refractivity contribution in [2.75, 3.05) is 19.8 Å². The van der Waals surface area contributed by atoms with E-state index in [1.165, 1.54) is 0 Å². The van der Waals surface area contributed by atoms with Crippen molar-refractivity contribution in [1.82, 2.24) is 4.90 Å². The minimum Gasteiger partial charge on any atom is -0.490 e. The lowest BCUT2D eigenvalue weighted by Gasteiger charge is -2.26. The van der Waals surface area contributed by atoms with Gasteiger partial charge in [-0.25, -0.2) is 0 Å². The van der Waals surface area contributed by atoms with Crippen molar-refractivity contribution in [3.63, 3.8) is 0 Å². The number of fused-ring (bicyclic) bond motifs is 1. The molecular weight excluding hydrogens is 429 g/mol. The number of carbonyl (C=O) groups excluding carboxylic acids is 1. The number of nitrogens with zero attached hydrogens (tertiary/aromatic N) is 1. The smallest absolute Gasteiger partial charge is 0.254 e. The molecule has 5 heteroatoms. The number of rotatable bonds is 2. The van der Waals surface area contributed by atoms with Crippen molar-refractivity contribution < 1.29 is 14.3 Å². The first-order valence-corrected chi connectivity index (χ1v) is 9.76. The molecule has 0 aliphatic carbocycles. The van der Waals surface area contributed by atoms with Gasteiger partial charge in [-0.1, -0.05) is 12.1 Å². The Hall–Kier alpha value is -1.76. The summed E-state index contributed by atoms with van der Waals surface area (Å²) in [7, 11) is 0. The molecule has 0 saturated carbocycles. The fraction of sp³-hybridized carbons (Fsp3) is 0.350. The maximum atomic E-state index is 13.0. The maximum absolute atomic E-state index is 13.0. The molecule has 1 fully saturated rings. The van der Waals surface area contributed by atoms with E-state index in [4.69, 9.17) is 9.47 Å². The fourth-order valence-electron chi connectivity index (χ4n) is 3.53. The summed E-state index contributed by atoms with van der Waals surface area (Å²) < 4.78 is 12.6. The van der Waals surface area contributed by atoms with Crippen LogP contribution in [0.3, 0.4) is 0 Å². The lowest BCUT2D eigenvalue weighted by Crippen LogP contribution is -2.30. The summed E-state index contributed by atoms with van der Waals surface area (Å²) in [6.07, 6.45) is 2.90. The molecule has 25 heavy (non-hydrogen) atoms. The lowest BCUT2D eigenvalue weighted by atomic mass is 10.0. The summed E-state index contributed by atoms with van der Waals surface area (Å²) in [6.45, 7) is 2.16. The number of amides is 1. The Morgan fingerprint density at radius 3 is 2.72 bits per heavy atom. The molecule has 0 bridgehead atoms. The minimum absolute atomic E-state index is 0.0996. The second-order valence-corrected chi connectivity index (χ2v) is 7.67. The maximum Gasteiger partial charge on any atom is 0.254 e. The van der Waals surface area contributed by atoms with E-state index in [1.807, 2.05) is 41.3 Å². The van der Waals surface area contributed by atoms with Gasteiger partial charge in [-0.15, -0.1) is 0 Å². The summed E-state index contributed by atoms with van der Waals surface area (Å²) in [5, 5.41) is 0. The quantitative estimate of drug-likeness (QED) is 0.637. The van der Waals surface area contributed by atoms with E-state index in [-0.39, 0.29) is 11.9 Å². The van der Waals surface area contributed by atoms with Crippen LogP contribution in [0.25, 0.3) is 0 Å². The third kappa shape index (κ3) is 3.47. The number of hydrogen-bond donors (Lipinski definition) is 0. The minimum atomic E-state index is 0.0996. The van der Waals surface area contributed by atoms with Crippen molar-refractivity contribution in [2.45, 2.75) is 25.3 Å². The van der Waals surface area contributed by atoms with Crippen molar-refractivity contribution >= 4 is 28.5 Å². The Balaban J connectivity index is 1.61. The molecule has 0 N–H and O–H groups in total. The first-order valence-electron chi connectivity index (χ1n) is 8.68. The molecule has 2 aromatic carbocycles. The van der Waals surface area contributed by atoms with Gasteiger partial charge >= 0.3 is 0 Å². The third-order valence-electron chi connectivity index (χ3n) is 4.74. The van der Waals surface area contributed by atoms with E-state index >= 15 is 0 Å². The molecule has 1 saturated heterocycles. The molecule has 0 radical (unpaired) electrons. The van der Waals surface area contributed by atoms with Crippen LogP contribution in [0, 0.1) is 3.57 Å². The molecule has 2 heterocycles.